The summed E-state index contributed by atoms with van der Waals surface area (Å²) in [6.45, 7) is -0.170. The molecule has 2 unspecified atom stereocenters. The van der Waals surface area contributed by atoms with Crippen molar-refractivity contribution in [3.63, 3.8) is 0 Å². The van der Waals surface area contributed by atoms with Crippen LogP contribution in [-0.4, -0.2) is 88.0 Å². The molecule has 0 heterocycles. The number of hydroxylamine groups is 2. The topological polar surface area (TPSA) is 184 Å². The first-order chi connectivity index (χ1) is 25.2. The number of methoxy groups -OCH3 is 2. The van der Waals surface area contributed by atoms with E-state index in [1.54, 1.807) is 73.8 Å². The Kier molecular flexibility index (Phi) is 13.1. The second-order valence-corrected chi connectivity index (χ2v) is 11.9. The van der Waals surface area contributed by atoms with Crippen LogP contribution in [0.1, 0.15) is 18.4 Å². The second-order valence-electron chi connectivity index (χ2n) is 11.9. The number of amides is 5. The molecule has 0 saturated heterocycles. The average Bonchev–Trinajstić information content (AvgIpc) is 3.17. The van der Waals surface area contributed by atoms with Crippen molar-refractivity contribution < 1.29 is 48.5 Å². The molecule has 0 aromatic heterocycles. The van der Waals surface area contributed by atoms with Crippen LogP contribution in [0.2, 0.25) is 0 Å². The highest BCUT2D eigenvalue weighted by Gasteiger charge is 2.36. The Bertz CT molecular complexity index is 1930. The average molecular weight is 729 g/mol. The Morgan fingerprint density at radius 1 is 0.830 bits per heavy atom. The lowest BCUT2D eigenvalue weighted by Gasteiger charge is -2.27. The minimum absolute atomic E-state index is 0.0430. The highest BCUT2D eigenvalue weighted by molar-refractivity contribution is 6.06. The van der Waals surface area contributed by atoms with E-state index in [1.807, 2.05) is 0 Å². The monoisotopic (exact) mass is 728 g/mol. The number of carboxylic acids is 1. The smallest absolute Gasteiger partial charge is 0.388 e. The molecule has 2 atom stereocenters. The van der Waals surface area contributed by atoms with E-state index in [0.29, 0.717) is 28.4 Å². The van der Waals surface area contributed by atoms with Gasteiger partial charge in [0.1, 0.15) is 30.8 Å². The number of quaternary nitrogens is 1. The Morgan fingerprint density at radius 3 is 2.11 bits per heavy atom. The predicted molar refractivity (Wildman–Crippen MR) is 198 cm³/mol. The number of rotatable bonds is 15. The molecule has 4 aromatic rings. The maximum absolute atomic E-state index is 13.8. The molecule has 0 radical (unpaired) electrons. The molecule has 0 saturated carbocycles. The SMILES string of the molecule is COc1cc(OC)cc([N+](C)(O)C(=O)COc2ccccc2N(CC(=O)N(C)c2ccccc2)C(=O)CNC(=O)Nc2cccc(C(C)C(=O)O)c2)c1. The summed E-state index contributed by atoms with van der Waals surface area (Å²) in [7, 11) is 5.67. The lowest BCUT2D eigenvalue weighted by Crippen LogP contribution is -2.50. The molecule has 4 N–H and O–H groups in total. The summed E-state index contributed by atoms with van der Waals surface area (Å²) >= 11 is 0. The number of carbonyl (C=O) groups excluding carboxylic acids is 4. The standard InChI is InChI=1S/C38H41N5O10/c1-25(37(47)48)26-12-11-13-27(18-26)40-38(49)39-22-34(44)42(23-35(45)41(2)28-14-7-6-8-15-28)32-16-9-10-17-33(32)53-24-36(46)43(3,50)29-19-30(51-4)21-31(20-29)52-5/h6-21,25,50H,22-24H2,1-5H3,(H2-,39,40,47,48,49)/p+1. The van der Waals surface area contributed by atoms with Crippen LogP contribution in [0.15, 0.2) is 97.1 Å². The molecule has 0 bridgehead atoms. The van der Waals surface area contributed by atoms with Gasteiger partial charge in [0.15, 0.2) is 5.69 Å². The van der Waals surface area contributed by atoms with E-state index >= 15 is 0 Å². The first-order valence-electron chi connectivity index (χ1n) is 16.3. The van der Waals surface area contributed by atoms with E-state index in [9.17, 15) is 34.3 Å². The molecule has 5 amide bonds. The number of para-hydroxylation sites is 3. The predicted octanol–water partition coefficient (Wildman–Crippen LogP) is 4.64. The third kappa shape index (κ3) is 10.1. The van der Waals surface area contributed by atoms with Gasteiger partial charge in [0.2, 0.25) is 18.4 Å². The van der Waals surface area contributed by atoms with Crippen molar-refractivity contribution in [1.82, 2.24) is 9.96 Å². The fourth-order valence-electron chi connectivity index (χ4n) is 5.05. The fraction of sp³-hybridized carbons (Fsp3) is 0.237. The van der Waals surface area contributed by atoms with E-state index in [-0.39, 0.29) is 17.1 Å². The molecule has 0 aliphatic heterocycles. The molecule has 0 spiro atoms. The van der Waals surface area contributed by atoms with Crippen LogP contribution in [0.4, 0.5) is 27.5 Å². The summed E-state index contributed by atoms with van der Waals surface area (Å²) in [5.41, 5.74) is 1.61. The maximum atomic E-state index is 13.8. The zero-order valence-electron chi connectivity index (χ0n) is 29.9. The molecule has 0 aliphatic rings. The van der Waals surface area contributed by atoms with Crippen molar-refractivity contribution in [2.75, 3.05) is 63.1 Å². The fourth-order valence-corrected chi connectivity index (χ4v) is 5.05. The summed E-state index contributed by atoms with van der Waals surface area (Å²) in [5, 5.41) is 25.6. The molecule has 53 heavy (non-hydrogen) atoms. The highest BCUT2D eigenvalue weighted by atomic mass is 16.6. The third-order valence-corrected chi connectivity index (χ3v) is 8.36. The van der Waals surface area contributed by atoms with Gasteiger partial charge in [-0.25, -0.2) is 14.8 Å². The van der Waals surface area contributed by atoms with E-state index in [1.165, 1.54) is 63.4 Å². The lowest BCUT2D eigenvalue weighted by molar-refractivity contribution is -0.158. The number of benzene rings is 4. The van der Waals surface area contributed by atoms with Gasteiger partial charge in [-0.2, -0.15) is 0 Å². The van der Waals surface area contributed by atoms with E-state index in [4.69, 9.17) is 14.2 Å². The summed E-state index contributed by atoms with van der Waals surface area (Å²) in [5.74, 6) is -3.06. The van der Waals surface area contributed by atoms with Crippen molar-refractivity contribution in [1.29, 1.82) is 0 Å². The third-order valence-electron chi connectivity index (χ3n) is 8.36. The first kappa shape index (κ1) is 39.3. The zero-order valence-corrected chi connectivity index (χ0v) is 29.9. The van der Waals surface area contributed by atoms with Crippen molar-refractivity contribution in [2.24, 2.45) is 0 Å². The van der Waals surface area contributed by atoms with Crippen LogP contribution in [0.5, 0.6) is 17.2 Å². The summed E-state index contributed by atoms with van der Waals surface area (Å²) in [6.07, 6.45) is 0. The van der Waals surface area contributed by atoms with Crippen molar-refractivity contribution in [2.45, 2.75) is 12.8 Å². The number of aliphatic carboxylic acids is 1. The molecule has 0 aliphatic carbocycles. The molecule has 278 valence electrons. The molecular weight excluding hydrogens is 686 g/mol. The molecule has 0 fully saturated rings. The molecule has 4 aromatic carbocycles. The Morgan fingerprint density at radius 2 is 1.47 bits per heavy atom. The number of hydrogen-bond acceptors (Lipinski definition) is 9. The summed E-state index contributed by atoms with van der Waals surface area (Å²) in [4.78, 5) is 67.5. The van der Waals surface area contributed by atoms with Gasteiger partial charge in [-0.15, -0.1) is 0 Å². The number of anilines is 3. The van der Waals surface area contributed by atoms with Crippen LogP contribution in [0, 0.1) is 0 Å². The van der Waals surface area contributed by atoms with Crippen LogP contribution in [0.25, 0.3) is 0 Å². The number of hydrogen-bond donors (Lipinski definition) is 4. The van der Waals surface area contributed by atoms with Gasteiger partial charge in [0.05, 0.1) is 32.4 Å². The minimum Gasteiger partial charge on any atom is -0.496 e. The Hall–Kier alpha value is -6.45. The first-order valence-corrected chi connectivity index (χ1v) is 16.3. The number of carbonyl (C=O) groups is 5. The van der Waals surface area contributed by atoms with Crippen LogP contribution >= 0.6 is 0 Å². The number of nitrogens with one attached hydrogen (secondary N) is 2. The largest absolute Gasteiger partial charge is 0.496 e. The van der Waals surface area contributed by atoms with Crippen LogP contribution in [-0.2, 0) is 19.2 Å². The second kappa shape index (κ2) is 17.7. The molecule has 4 rings (SSSR count). The molecular formula is C38H42N5O10+. The van der Waals surface area contributed by atoms with Gasteiger partial charge in [-0.1, -0.05) is 47.1 Å². The Balaban J connectivity index is 1.56. The molecule has 15 heteroatoms. The Labute approximate surface area is 306 Å². The highest BCUT2D eigenvalue weighted by Crippen LogP contribution is 2.32. The number of likely N-dealkylation sites (N-methyl/N-ethyl adjacent to an activating group) is 2. The van der Waals surface area contributed by atoms with Gasteiger partial charge < -0.3 is 34.9 Å². The normalized spacial score (nSPS) is 12.3. The summed E-state index contributed by atoms with van der Waals surface area (Å²) < 4.78 is 15.2. The maximum Gasteiger partial charge on any atom is 0.388 e. The van der Waals surface area contributed by atoms with Crippen LogP contribution < -0.4 is 39.3 Å². The number of carboxylic acid groups (broad SMARTS) is 1. The van der Waals surface area contributed by atoms with Gasteiger partial charge in [0.25, 0.3) is 0 Å². The van der Waals surface area contributed by atoms with E-state index in [0.717, 1.165) is 4.90 Å². The van der Waals surface area contributed by atoms with Gasteiger partial charge in [-0.05, 0) is 48.9 Å². The number of ether oxygens (including phenoxy) is 3. The van der Waals surface area contributed by atoms with Gasteiger partial charge >= 0.3 is 17.9 Å². The van der Waals surface area contributed by atoms with Gasteiger partial charge in [0, 0.05) is 36.6 Å². The van der Waals surface area contributed by atoms with Gasteiger partial charge in [-0.3, -0.25) is 19.3 Å². The molecule has 15 nitrogen and oxygen atoms in total. The lowest BCUT2D eigenvalue weighted by atomic mass is 10.0. The quantitative estimate of drug-likeness (QED) is 0.0764. The van der Waals surface area contributed by atoms with Crippen molar-refractivity contribution in [3.05, 3.63) is 103 Å². The number of urea groups is 1. The zero-order chi connectivity index (χ0) is 38.7. The van der Waals surface area contributed by atoms with E-state index in [2.05, 4.69) is 10.6 Å². The van der Waals surface area contributed by atoms with E-state index < -0.39 is 60.0 Å². The van der Waals surface area contributed by atoms with Crippen molar-refractivity contribution in [3.8, 4) is 17.2 Å². The van der Waals surface area contributed by atoms with Crippen molar-refractivity contribution >= 4 is 52.5 Å². The van der Waals surface area contributed by atoms with Crippen LogP contribution in [0.3, 0.4) is 0 Å². The summed E-state index contributed by atoms with van der Waals surface area (Å²) in [6, 6.07) is 25.1. The minimum atomic E-state index is -1.23. The number of nitrogens with zero attached hydrogens (tertiary/aromatic N) is 3.